The number of nitrogens with one attached hydrogen (secondary N) is 1. The lowest BCUT2D eigenvalue weighted by Gasteiger charge is -2.31. The summed E-state index contributed by atoms with van der Waals surface area (Å²) in [5.74, 6) is 0.910. The summed E-state index contributed by atoms with van der Waals surface area (Å²) in [5, 5.41) is 4.40. The SMILES string of the molecule is CNC1c2c(Cl)ccc(Cl)c2S(=O)CC1C. The van der Waals surface area contributed by atoms with Crippen molar-refractivity contribution in [2.75, 3.05) is 12.8 Å². The smallest absolute Gasteiger partial charge is 0.0637 e. The third-order valence-corrected chi connectivity index (χ3v) is 5.41. The Morgan fingerprint density at radius 3 is 2.62 bits per heavy atom. The minimum absolute atomic E-state index is 0.124. The van der Waals surface area contributed by atoms with E-state index in [1.54, 1.807) is 12.1 Å². The van der Waals surface area contributed by atoms with Crippen LogP contribution in [0, 0.1) is 5.92 Å². The van der Waals surface area contributed by atoms with E-state index >= 15 is 0 Å². The van der Waals surface area contributed by atoms with E-state index < -0.39 is 10.8 Å². The van der Waals surface area contributed by atoms with Gasteiger partial charge >= 0.3 is 0 Å². The first-order valence-electron chi connectivity index (χ1n) is 5.09. The molecule has 0 amide bonds. The van der Waals surface area contributed by atoms with Crippen LogP contribution in [0.1, 0.15) is 18.5 Å². The van der Waals surface area contributed by atoms with E-state index in [0.717, 1.165) is 5.56 Å². The highest BCUT2D eigenvalue weighted by atomic mass is 35.5. The fraction of sp³-hybridized carbons (Fsp3) is 0.455. The van der Waals surface area contributed by atoms with Crippen LogP contribution < -0.4 is 5.32 Å². The molecule has 0 saturated carbocycles. The Balaban J connectivity index is 2.67. The van der Waals surface area contributed by atoms with Crippen LogP contribution in [0.15, 0.2) is 17.0 Å². The Bertz CT molecular complexity index is 450. The van der Waals surface area contributed by atoms with Gasteiger partial charge in [0.25, 0.3) is 0 Å². The number of halogens is 2. The van der Waals surface area contributed by atoms with E-state index in [2.05, 4.69) is 12.2 Å². The van der Waals surface area contributed by atoms with Gasteiger partial charge in [0.2, 0.25) is 0 Å². The van der Waals surface area contributed by atoms with Crippen molar-refractivity contribution in [1.82, 2.24) is 5.32 Å². The van der Waals surface area contributed by atoms with Gasteiger partial charge in [-0.2, -0.15) is 0 Å². The summed E-state index contributed by atoms with van der Waals surface area (Å²) in [6.07, 6.45) is 0. The van der Waals surface area contributed by atoms with Gasteiger partial charge in [0.15, 0.2) is 0 Å². The third kappa shape index (κ3) is 1.90. The monoisotopic (exact) mass is 277 g/mol. The average molecular weight is 278 g/mol. The summed E-state index contributed by atoms with van der Waals surface area (Å²) >= 11 is 12.3. The fourth-order valence-electron chi connectivity index (χ4n) is 2.20. The highest BCUT2D eigenvalue weighted by Gasteiger charge is 2.33. The molecule has 16 heavy (non-hydrogen) atoms. The molecule has 0 fully saturated rings. The lowest BCUT2D eigenvalue weighted by molar-refractivity contribution is 0.431. The molecule has 0 aromatic heterocycles. The molecule has 0 radical (unpaired) electrons. The summed E-state index contributed by atoms with van der Waals surface area (Å²) in [6, 6.07) is 3.60. The van der Waals surface area contributed by atoms with Gasteiger partial charge in [-0.15, -0.1) is 0 Å². The van der Waals surface area contributed by atoms with Crippen molar-refractivity contribution in [3.8, 4) is 0 Å². The maximum atomic E-state index is 12.1. The van der Waals surface area contributed by atoms with Crippen LogP contribution in [0.2, 0.25) is 10.0 Å². The normalized spacial score (nSPS) is 28.9. The second-order valence-electron chi connectivity index (χ2n) is 4.03. The molecule has 1 aromatic carbocycles. The zero-order chi connectivity index (χ0) is 11.9. The molecule has 3 unspecified atom stereocenters. The Kier molecular flexibility index (Phi) is 3.59. The molecular formula is C11H13Cl2NOS. The Morgan fingerprint density at radius 1 is 1.38 bits per heavy atom. The van der Waals surface area contributed by atoms with Crippen molar-refractivity contribution >= 4 is 34.0 Å². The first-order valence-corrected chi connectivity index (χ1v) is 7.17. The van der Waals surface area contributed by atoms with Gasteiger partial charge in [-0.3, -0.25) is 4.21 Å². The molecule has 2 nitrogen and oxygen atoms in total. The van der Waals surface area contributed by atoms with Gasteiger partial charge in [-0.05, 0) is 25.1 Å². The minimum atomic E-state index is -1.05. The van der Waals surface area contributed by atoms with E-state index in [0.29, 0.717) is 20.7 Å². The van der Waals surface area contributed by atoms with E-state index in [-0.39, 0.29) is 12.0 Å². The molecule has 88 valence electrons. The zero-order valence-corrected chi connectivity index (χ0v) is 11.4. The summed E-state index contributed by atoms with van der Waals surface area (Å²) in [6.45, 7) is 2.07. The van der Waals surface area contributed by atoms with Crippen molar-refractivity contribution in [2.24, 2.45) is 5.92 Å². The number of fused-ring (bicyclic) bond motifs is 1. The van der Waals surface area contributed by atoms with Gasteiger partial charge in [0.1, 0.15) is 0 Å². The third-order valence-electron chi connectivity index (χ3n) is 2.93. The molecular weight excluding hydrogens is 265 g/mol. The predicted octanol–water partition coefficient (Wildman–Crippen LogP) is 3.01. The topological polar surface area (TPSA) is 29.1 Å². The maximum absolute atomic E-state index is 12.1. The van der Waals surface area contributed by atoms with Crippen LogP contribution in [-0.2, 0) is 10.8 Å². The Labute approximate surface area is 108 Å². The molecule has 0 bridgehead atoms. The number of benzene rings is 1. The summed E-state index contributed by atoms with van der Waals surface area (Å²) < 4.78 is 12.1. The van der Waals surface area contributed by atoms with Gasteiger partial charge < -0.3 is 5.32 Å². The van der Waals surface area contributed by atoms with E-state index in [1.165, 1.54) is 0 Å². The fourth-order valence-corrected chi connectivity index (χ4v) is 4.56. The lowest BCUT2D eigenvalue weighted by atomic mass is 9.95. The van der Waals surface area contributed by atoms with Gasteiger partial charge in [-0.1, -0.05) is 30.1 Å². The molecule has 3 atom stereocenters. The first kappa shape index (κ1) is 12.4. The molecule has 1 heterocycles. The van der Waals surface area contributed by atoms with Gasteiger partial charge in [0.05, 0.1) is 20.7 Å². The first-order chi connectivity index (χ1) is 7.56. The summed E-state index contributed by atoms with van der Waals surface area (Å²) in [7, 11) is 0.840. The van der Waals surface area contributed by atoms with Crippen LogP contribution in [-0.4, -0.2) is 17.0 Å². The van der Waals surface area contributed by atoms with E-state index in [1.807, 2.05) is 7.05 Å². The van der Waals surface area contributed by atoms with Crippen LogP contribution in [0.5, 0.6) is 0 Å². The number of hydrogen-bond donors (Lipinski definition) is 1. The number of rotatable bonds is 1. The molecule has 1 N–H and O–H groups in total. The maximum Gasteiger partial charge on any atom is 0.0637 e. The van der Waals surface area contributed by atoms with Crippen molar-refractivity contribution < 1.29 is 4.21 Å². The van der Waals surface area contributed by atoms with Gasteiger partial charge in [-0.25, -0.2) is 0 Å². The highest BCUT2D eigenvalue weighted by Crippen LogP contribution is 2.41. The molecule has 1 aromatic rings. The molecule has 5 heteroatoms. The van der Waals surface area contributed by atoms with Crippen LogP contribution >= 0.6 is 23.2 Å². The van der Waals surface area contributed by atoms with Crippen molar-refractivity contribution in [3.63, 3.8) is 0 Å². The van der Waals surface area contributed by atoms with Crippen LogP contribution in [0.25, 0.3) is 0 Å². The molecule has 2 rings (SSSR count). The van der Waals surface area contributed by atoms with Gasteiger partial charge in [0, 0.05) is 22.4 Å². The average Bonchev–Trinajstić information content (AvgIpc) is 2.23. The van der Waals surface area contributed by atoms with Crippen LogP contribution in [0.3, 0.4) is 0 Å². The zero-order valence-electron chi connectivity index (χ0n) is 9.09. The van der Waals surface area contributed by atoms with Crippen molar-refractivity contribution in [1.29, 1.82) is 0 Å². The summed E-state index contributed by atoms with van der Waals surface area (Å²) in [5.41, 5.74) is 0.897. The molecule has 1 aliphatic rings. The highest BCUT2D eigenvalue weighted by molar-refractivity contribution is 7.85. The summed E-state index contributed by atoms with van der Waals surface area (Å²) in [4.78, 5) is 0.701. The number of hydrogen-bond acceptors (Lipinski definition) is 2. The van der Waals surface area contributed by atoms with E-state index in [4.69, 9.17) is 23.2 Å². The van der Waals surface area contributed by atoms with Crippen molar-refractivity contribution in [2.45, 2.75) is 17.9 Å². The second kappa shape index (κ2) is 4.65. The molecule has 1 aliphatic heterocycles. The quantitative estimate of drug-likeness (QED) is 0.855. The van der Waals surface area contributed by atoms with Crippen molar-refractivity contribution in [3.05, 3.63) is 27.7 Å². The molecule has 0 aliphatic carbocycles. The molecule has 0 spiro atoms. The second-order valence-corrected chi connectivity index (χ2v) is 6.27. The minimum Gasteiger partial charge on any atom is -0.313 e. The standard InChI is InChI=1S/C11H13Cl2NOS/c1-6-5-16(15)11-8(13)4-3-7(12)9(11)10(6)14-2/h3-4,6,10,14H,5H2,1-2H3. The van der Waals surface area contributed by atoms with E-state index in [9.17, 15) is 4.21 Å². The Morgan fingerprint density at radius 2 is 2.00 bits per heavy atom. The van der Waals surface area contributed by atoms with Crippen LogP contribution in [0.4, 0.5) is 0 Å². The predicted molar refractivity (Wildman–Crippen MR) is 68.7 cm³/mol. The largest absolute Gasteiger partial charge is 0.313 e. The lowest BCUT2D eigenvalue weighted by Crippen LogP contribution is -2.32. The molecule has 0 saturated heterocycles. The Hall–Kier alpha value is -0.0900.